The Morgan fingerprint density at radius 2 is 1.68 bits per heavy atom. The number of aromatic carboxylic acids is 1. The molecule has 6 nitrogen and oxygen atoms in total. The van der Waals surface area contributed by atoms with Crippen molar-refractivity contribution in [2.45, 2.75) is 38.6 Å². The molecule has 1 heterocycles. The highest BCUT2D eigenvalue weighted by atomic mass is 35.5. The van der Waals surface area contributed by atoms with Crippen molar-refractivity contribution >= 4 is 35.0 Å². The quantitative estimate of drug-likeness (QED) is 0.271. The summed E-state index contributed by atoms with van der Waals surface area (Å²) in [6.45, 7) is 8.69. The van der Waals surface area contributed by atoms with Crippen LogP contribution in [0, 0.1) is 5.82 Å². The Hall–Kier alpha value is -4.06. The van der Waals surface area contributed by atoms with Gasteiger partial charge in [-0.2, -0.15) is 0 Å². The highest BCUT2D eigenvalue weighted by Gasteiger charge is 2.32. The average molecular weight is 534 g/mol. The number of hydrogen-bond acceptors (Lipinski definition) is 3. The van der Waals surface area contributed by atoms with Crippen LogP contribution >= 0.6 is 11.6 Å². The number of carboxylic acid groups (broad SMARTS) is 1. The van der Waals surface area contributed by atoms with Crippen molar-refractivity contribution in [3.63, 3.8) is 0 Å². The van der Waals surface area contributed by atoms with E-state index in [0.717, 1.165) is 30.3 Å². The van der Waals surface area contributed by atoms with Crippen molar-refractivity contribution < 1.29 is 19.1 Å². The number of nitrogens with zero attached hydrogens (tertiary/aromatic N) is 1. The number of nitrogens with one attached hydrogen (secondary N) is 2. The number of likely N-dealkylation sites (tertiary alicyclic amines) is 1. The van der Waals surface area contributed by atoms with Crippen molar-refractivity contribution in [2.75, 3.05) is 17.2 Å². The number of amides is 2. The van der Waals surface area contributed by atoms with Crippen LogP contribution in [0.3, 0.4) is 0 Å². The number of urea groups is 1. The zero-order valence-electron chi connectivity index (χ0n) is 21.2. The summed E-state index contributed by atoms with van der Waals surface area (Å²) in [7, 11) is 0. The first kappa shape index (κ1) is 27.0. The molecule has 8 heteroatoms. The van der Waals surface area contributed by atoms with Crippen molar-refractivity contribution in [3.8, 4) is 11.1 Å². The van der Waals surface area contributed by atoms with Gasteiger partial charge in [0.25, 0.3) is 0 Å². The van der Waals surface area contributed by atoms with E-state index in [4.69, 9.17) is 16.7 Å². The van der Waals surface area contributed by atoms with E-state index in [2.05, 4.69) is 36.8 Å². The lowest BCUT2D eigenvalue weighted by Crippen LogP contribution is -2.40. The van der Waals surface area contributed by atoms with Crippen LogP contribution in [-0.4, -0.2) is 34.6 Å². The van der Waals surface area contributed by atoms with Crippen LogP contribution in [0.2, 0.25) is 5.02 Å². The summed E-state index contributed by atoms with van der Waals surface area (Å²) >= 11 is 5.99. The third kappa shape index (κ3) is 5.91. The molecule has 3 aromatic rings. The molecule has 1 atom stereocenters. The monoisotopic (exact) mass is 533 g/mol. The summed E-state index contributed by atoms with van der Waals surface area (Å²) in [5.41, 5.74) is 6.90. The zero-order chi connectivity index (χ0) is 27.4. The molecule has 1 saturated heterocycles. The molecule has 0 aromatic heterocycles. The lowest BCUT2D eigenvalue weighted by molar-refractivity contribution is 0.0692. The van der Waals surface area contributed by atoms with E-state index in [1.54, 1.807) is 29.2 Å². The summed E-state index contributed by atoms with van der Waals surface area (Å²) in [6.07, 6.45) is 1.63. The Bertz CT molecular complexity index is 1370. The van der Waals surface area contributed by atoms with Gasteiger partial charge in [0, 0.05) is 17.9 Å². The number of rotatable bonds is 7. The number of hydrogen-bond donors (Lipinski definition) is 3. The summed E-state index contributed by atoms with van der Waals surface area (Å²) < 4.78 is 14.3. The SMILES string of the molecule is C=C=C(Nc1ccc(-c2cc(F)c(C(=O)O)c(Cl)c2)cc1)[C@H]1CCCN1C(=O)Nc1ccc(C(C)C)cc1. The molecule has 0 bridgehead atoms. The first-order chi connectivity index (χ1) is 18.2. The summed E-state index contributed by atoms with van der Waals surface area (Å²) in [5, 5.41) is 15.3. The second-order valence-corrected chi connectivity index (χ2v) is 9.88. The predicted octanol–water partition coefficient (Wildman–Crippen LogP) is 7.74. The fourth-order valence-corrected chi connectivity index (χ4v) is 4.84. The molecule has 1 aliphatic heterocycles. The fraction of sp³-hybridized carbons (Fsp3) is 0.233. The lowest BCUT2D eigenvalue weighted by Gasteiger charge is -2.27. The molecule has 1 aliphatic rings. The van der Waals surface area contributed by atoms with Gasteiger partial charge in [-0.15, -0.1) is 5.73 Å². The number of carbonyl (C=O) groups is 2. The molecular weight excluding hydrogens is 505 g/mol. The molecule has 0 radical (unpaired) electrons. The highest BCUT2D eigenvalue weighted by molar-refractivity contribution is 6.33. The van der Waals surface area contributed by atoms with Gasteiger partial charge >= 0.3 is 12.0 Å². The van der Waals surface area contributed by atoms with Crippen LogP contribution in [0.4, 0.5) is 20.6 Å². The number of benzene rings is 3. The van der Waals surface area contributed by atoms with Crippen LogP contribution in [0.25, 0.3) is 11.1 Å². The Balaban J connectivity index is 1.45. The summed E-state index contributed by atoms with van der Waals surface area (Å²) in [4.78, 5) is 26.1. The van der Waals surface area contributed by atoms with E-state index < -0.39 is 17.3 Å². The maximum absolute atomic E-state index is 14.3. The Kier molecular flexibility index (Phi) is 8.20. The minimum Gasteiger partial charge on any atom is -0.478 e. The van der Waals surface area contributed by atoms with Gasteiger partial charge < -0.3 is 20.6 Å². The van der Waals surface area contributed by atoms with Gasteiger partial charge in [0.2, 0.25) is 0 Å². The second kappa shape index (κ2) is 11.5. The smallest absolute Gasteiger partial charge is 0.340 e. The summed E-state index contributed by atoms with van der Waals surface area (Å²) in [5.74, 6) is -1.89. The van der Waals surface area contributed by atoms with Crippen molar-refractivity contribution in [2.24, 2.45) is 0 Å². The van der Waals surface area contributed by atoms with Gasteiger partial charge in [-0.1, -0.05) is 56.3 Å². The van der Waals surface area contributed by atoms with E-state index in [1.165, 1.54) is 11.6 Å². The van der Waals surface area contributed by atoms with E-state index in [1.807, 2.05) is 24.3 Å². The third-order valence-electron chi connectivity index (χ3n) is 6.62. The molecule has 3 aromatic carbocycles. The Morgan fingerprint density at radius 3 is 2.26 bits per heavy atom. The number of carboxylic acids is 1. The number of anilines is 2. The zero-order valence-corrected chi connectivity index (χ0v) is 22.0. The van der Waals surface area contributed by atoms with Gasteiger partial charge in [-0.05, 0) is 71.8 Å². The topological polar surface area (TPSA) is 81.7 Å². The minimum atomic E-state index is -1.42. The van der Waals surface area contributed by atoms with E-state index in [0.29, 0.717) is 29.3 Å². The molecule has 0 unspecified atom stereocenters. The van der Waals surface area contributed by atoms with E-state index in [9.17, 15) is 14.0 Å². The largest absolute Gasteiger partial charge is 0.478 e. The maximum atomic E-state index is 14.3. The minimum absolute atomic E-state index is 0.165. The molecule has 2 amide bonds. The Labute approximate surface area is 226 Å². The van der Waals surface area contributed by atoms with Gasteiger partial charge in [0.15, 0.2) is 0 Å². The summed E-state index contributed by atoms with van der Waals surface area (Å²) in [6, 6.07) is 17.2. The predicted molar refractivity (Wildman–Crippen MR) is 149 cm³/mol. The molecule has 0 saturated carbocycles. The van der Waals surface area contributed by atoms with Crippen molar-refractivity contribution in [1.82, 2.24) is 4.90 Å². The van der Waals surface area contributed by atoms with Gasteiger partial charge in [-0.3, -0.25) is 0 Å². The number of carbonyl (C=O) groups excluding carboxylic acids is 1. The molecule has 196 valence electrons. The highest BCUT2D eigenvalue weighted by Crippen LogP contribution is 2.30. The maximum Gasteiger partial charge on any atom is 0.340 e. The molecule has 38 heavy (non-hydrogen) atoms. The molecule has 1 fully saturated rings. The average Bonchev–Trinajstić information content (AvgIpc) is 3.37. The van der Waals surface area contributed by atoms with Crippen LogP contribution in [0.15, 0.2) is 78.7 Å². The van der Waals surface area contributed by atoms with E-state index >= 15 is 0 Å². The molecule has 4 rings (SSSR count). The fourth-order valence-electron chi connectivity index (χ4n) is 4.55. The van der Waals surface area contributed by atoms with Crippen LogP contribution in [0.1, 0.15) is 48.5 Å². The van der Waals surface area contributed by atoms with Gasteiger partial charge in [0.05, 0.1) is 16.8 Å². The molecule has 3 N–H and O–H groups in total. The van der Waals surface area contributed by atoms with Gasteiger partial charge in [-0.25, -0.2) is 14.0 Å². The van der Waals surface area contributed by atoms with Crippen molar-refractivity contribution in [3.05, 3.63) is 101 Å². The molecule has 0 spiro atoms. The van der Waals surface area contributed by atoms with Crippen molar-refractivity contribution in [1.29, 1.82) is 0 Å². The Morgan fingerprint density at radius 1 is 1.05 bits per heavy atom. The first-order valence-corrected chi connectivity index (χ1v) is 12.7. The third-order valence-corrected chi connectivity index (χ3v) is 6.92. The second-order valence-electron chi connectivity index (χ2n) is 9.47. The normalized spacial score (nSPS) is 14.8. The number of halogens is 2. The molecular formula is C30H29ClFN3O3. The van der Waals surface area contributed by atoms with E-state index in [-0.39, 0.29) is 17.1 Å². The molecule has 0 aliphatic carbocycles. The standard InChI is InChI=1S/C30H29ClFN3O3/c1-4-26(27-6-5-15-35(27)30(38)34-23-11-7-19(8-12-23)18(2)3)33-22-13-9-20(10-14-22)21-16-24(31)28(29(36)37)25(32)17-21/h7-14,16-18,27,33H,1,5-6,15H2,2-3H3,(H,34,38)(H,36,37)/t27-/m1/s1. The van der Waals surface area contributed by atoms with Gasteiger partial charge in [0.1, 0.15) is 11.4 Å². The van der Waals surface area contributed by atoms with Crippen LogP contribution < -0.4 is 10.6 Å². The van der Waals surface area contributed by atoms with Crippen LogP contribution in [0.5, 0.6) is 0 Å². The van der Waals surface area contributed by atoms with Crippen LogP contribution in [-0.2, 0) is 0 Å². The first-order valence-electron chi connectivity index (χ1n) is 12.3. The lowest BCUT2D eigenvalue weighted by atomic mass is 10.0.